The molecule has 0 saturated heterocycles. The maximum atomic E-state index is 5.38. The van der Waals surface area contributed by atoms with Crippen LogP contribution in [-0.4, -0.2) is 19.1 Å². The summed E-state index contributed by atoms with van der Waals surface area (Å²) in [5.41, 5.74) is 5.74. The molecule has 68 valence electrons. The van der Waals surface area contributed by atoms with Gasteiger partial charge in [0.15, 0.2) is 0 Å². The molecule has 1 unspecified atom stereocenters. The van der Waals surface area contributed by atoms with E-state index >= 15 is 0 Å². The number of nitrogens with two attached hydrogens (primary N) is 1. The van der Waals surface area contributed by atoms with E-state index in [9.17, 15) is 0 Å². The Morgan fingerprint density at radius 2 is 1.91 bits per heavy atom. The molecule has 0 spiro atoms. The second kappa shape index (κ2) is 4.73. The van der Waals surface area contributed by atoms with Crippen LogP contribution in [0.15, 0.2) is 0 Å². The molecular formula is C9H22N2. The van der Waals surface area contributed by atoms with E-state index in [0.717, 1.165) is 19.5 Å². The molecule has 11 heavy (non-hydrogen) atoms. The predicted molar refractivity (Wildman–Crippen MR) is 50.6 cm³/mol. The minimum atomic E-state index is 0.356. The predicted octanol–water partition coefficient (Wildman–Crippen LogP) is 1.36. The number of hydrogen-bond acceptors (Lipinski definition) is 2. The van der Waals surface area contributed by atoms with Crippen LogP contribution >= 0.6 is 0 Å². The summed E-state index contributed by atoms with van der Waals surface area (Å²) in [5.74, 6) is 0. The van der Waals surface area contributed by atoms with Crippen LogP contribution in [0.1, 0.15) is 34.1 Å². The molecule has 0 heterocycles. The SMILES string of the molecule is CC(NCCCN)C(C)(C)C. The Kier molecular flexibility index (Phi) is 4.69. The van der Waals surface area contributed by atoms with Crippen LogP contribution in [0.25, 0.3) is 0 Å². The van der Waals surface area contributed by atoms with Gasteiger partial charge in [0.2, 0.25) is 0 Å². The Morgan fingerprint density at radius 1 is 1.36 bits per heavy atom. The lowest BCUT2D eigenvalue weighted by Crippen LogP contribution is -2.38. The highest BCUT2D eigenvalue weighted by atomic mass is 14.9. The van der Waals surface area contributed by atoms with E-state index in [1.54, 1.807) is 0 Å². The molecule has 3 N–H and O–H groups in total. The molecule has 0 fully saturated rings. The Balaban J connectivity index is 3.44. The summed E-state index contributed by atoms with van der Waals surface area (Å²) >= 11 is 0. The monoisotopic (exact) mass is 158 g/mol. The van der Waals surface area contributed by atoms with Gasteiger partial charge in [-0.25, -0.2) is 0 Å². The molecule has 0 aromatic carbocycles. The maximum absolute atomic E-state index is 5.38. The molecule has 0 amide bonds. The van der Waals surface area contributed by atoms with Gasteiger partial charge in [0.25, 0.3) is 0 Å². The van der Waals surface area contributed by atoms with Crippen molar-refractivity contribution < 1.29 is 0 Å². The zero-order chi connectivity index (χ0) is 8.91. The van der Waals surface area contributed by atoms with E-state index in [2.05, 4.69) is 33.0 Å². The fourth-order valence-electron chi connectivity index (χ4n) is 0.727. The quantitative estimate of drug-likeness (QED) is 0.606. The van der Waals surface area contributed by atoms with E-state index in [-0.39, 0.29) is 0 Å². The summed E-state index contributed by atoms with van der Waals surface area (Å²) < 4.78 is 0. The van der Waals surface area contributed by atoms with Crippen molar-refractivity contribution in [3.05, 3.63) is 0 Å². The van der Waals surface area contributed by atoms with Gasteiger partial charge in [0, 0.05) is 6.04 Å². The molecule has 0 aromatic rings. The van der Waals surface area contributed by atoms with Crippen LogP contribution in [0, 0.1) is 5.41 Å². The van der Waals surface area contributed by atoms with E-state index in [0.29, 0.717) is 11.5 Å². The first-order chi connectivity index (χ1) is 4.98. The summed E-state index contributed by atoms with van der Waals surface area (Å²) in [6.07, 6.45) is 1.07. The largest absolute Gasteiger partial charge is 0.330 e. The smallest absolute Gasteiger partial charge is 0.00872 e. The summed E-state index contributed by atoms with van der Waals surface area (Å²) in [6.45, 7) is 10.8. The van der Waals surface area contributed by atoms with Gasteiger partial charge in [-0.05, 0) is 31.8 Å². The van der Waals surface area contributed by atoms with E-state index in [1.807, 2.05) is 0 Å². The second-order valence-corrected chi connectivity index (χ2v) is 4.18. The van der Waals surface area contributed by atoms with Crippen molar-refractivity contribution >= 4 is 0 Å². The zero-order valence-electron chi connectivity index (χ0n) is 8.28. The minimum absolute atomic E-state index is 0.356. The maximum Gasteiger partial charge on any atom is 0.00872 e. The van der Waals surface area contributed by atoms with Gasteiger partial charge in [-0.2, -0.15) is 0 Å². The number of hydrogen-bond donors (Lipinski definition) is 2. The molecule has 0 aliphatic heterocycles. The third kappa shape index (κ3) is 5.22. The van der Waals surface area contributed by atoms with Crippen LogP contribution in [0.3, 0.4) is 0 Å². The number of nitrogens with one attached hydrogen (secondary N) is 1. The molecule has 0 radical (unpaired) electrons. The average Bonchev–Trinajstić information content (AvgIpc) is 1.86. The Hall–Kier alpha value is -0.0800. The highest BCUT2D eigenvalue weighted by molar-refractivity contribution is 4.75. The Bertz CT molecular complexity index is 94.2. The lowest BCUT2D eigenvalue weighted by molar-refractivity contribution is 0.286. The van der Waals surface area contributed by atoms with E-state index in [1.165, 1.54) is 0 Å². The van der Waals surface area contributed by atoms with Crippen molar-refractivity contribution in [3.63, 3.8) is 0 Å². The average molecular weight is 158 g/mol. The number of rotatable bonds is 4. The lowest BCUT2D eigenvalue weighted by atomic mass is 9.88. The van der Waals surface area contributed by atoms with Gasteiger partial charge in [-0.3, -0.25) is 0 Å². The lowest BCUT2D eigenvalue weighted by Gasteiger charge is -2.28. The third-order valence-corrected chi connectivity index (χ3v) is 2.13. The van der Waals surface area contributed by atoms with Gasteiger partial charge in [0.05, 0.1) is 0 Å². The van der Waals surface area contributed by atoms with Crippen molar-refractivity contribution in [2.45, 2.75) is 40.2 Å². The molecule has 0 aliphatic carbocycles. The highest BCUT2D eigenvalue weighted by Crippen LogP contribution is 2.17. The third-order valence-electron chi connectivity index (χ3n) is 2.13. The molecule has 0 aromatic heterocycles. The van der Waals surface area contributed by atoms with Crippen molar-refractivity contribution in [2.75, 3.05) is 13.1 Å². The fraction of sp³-hybridized carbons (Fsp3) is 1.00. The minimum Gasteiger partial charge on any atom is -0.330 e. The van der Waals surface area contributed by atoms with Gasteiger partial charge in [-0.15, -0.1) is 0 Å². The first-order valence-corrected chi connectivity index (χ1v) is 4.42. The van der Waals surface area contributed by atoms with E-state index < -0.39 is 0 Å². The topological polar surface area (TPSA) is 38.0 Å². The van der Waals surface area contributed by atoms with Gasteiger partial charge < -0.3 is 11.1 Å². The molecule has 0 rings (SSSR count). The van der Waals surface area contributed by atoms with Gasteiger partial charge in [-0.1, -0.05) is 20.8 Å². The molecule has 1 atom stereocenters. The molecule has 2 heteroatoms. The summed E-state index contributed by atoms with van der Waals surface area (Å²) in [4.78, 5) is 0. The molecule has 0 bridgehead atoms. The molecular weight excluding hydrogens is 136 g/mol. The normalized spacial score (nSPS) is 15.0. The van der Waals surface area contributed by atoms with Gasteiger partial charge in [0.1, 0.15) is 0 Å². The summed E-state index contributed by atoms with van der Waals surface area (Å²) in [5, 5.41) is 3.44. The highest BCUT2D eigenvalue weighted by Gasteiger charge is 2.18. The summed E-state index contributed by atoms with van der Waals surface area (Å²) in [6, 6.07) is 0.564. The molecule has 0 saturated carbocycles. The Morgan fingerprint density at radius 3 is 2.27 bits per heavy atom. The van der Waals surface area contributed by atoms with Crippen LogP contribution in [0.4, 0.5) is 0 Å². The van der Waals surface area contributed by atoms with Crippen LogP contribution in [0.5, 0.6) is 0 Å². The van der Waals surface area contributed by atoms with Crippen molar-refractivity contribution in [1.29, 1.82) is 0 Å². The zero-order valence-corrected chi connectivity index (χ0v) is 8.28. The van der Waals surface area contributed by atoms with Crippen molar-refractivity contribution in [3.8, 4) is 0 Å². The van der Waals surface area contributed by atoms with Crippen molar-refractivity contribution in [1.82, 2.24) is 5.32 Å². The summed E-state index contributed by atoms with van der Waals surface area (Å²) in [7, 11) is 0. The van der Waals surface area contributed by atoms with Crippen LogP contribution in [0.2, 0.25) is 0 Å². The van der Waals surface area contributed by atoms with E-state index in [4.69, 9.17) is 5.73 Å². The first kappa shape index (κ1) is 10.9. The standard InChI is InChI=1S/C9H22N2/c1-8(9(2,3)4)11-7-5-6-10/h8,11H,5-7,10H2,1-4H3. The first-order valence-electron chi connectivity index (χ1n) is 4.42. The van der Waals surface area contributed by atoms with Crippen LogP contribution < -0.4 is 11.1 Å². The van der Waals surface area contributed by atoms with Crippen molar-refractivity contribution in [2.24, 2.45) is 11.1 Å². The molecule has 0 aliphatic rings. The Labute approximate surface area is 70.5 Å². The molecule has 2 nitrogen and oxygen atoms in total. The second-order valence-electron chi connectivity index (χ2n) is 4.18. The van der Waals surface area contributed by atoms with Gasteiger partial charge >= 0.3 is 0 Å². The fourth-order valence-corrected chi connectivity index (χ4v) is 0.727. The van der Waals surface area contributed by atoms with Crippen LogP contribution in [-0.2, 0) is 0 Å².